The standard InChI is InChI=1S/C27H25ClN4O2/c28-26-9-5-4-8-21(26)19-34-25-14-22(15-29-17-25)23-16-30-32(18-23)24-10-12-31(13-11-24)27(33)20-6-2-1-3-7-20/h1-9,14-18,24H,10-13,19H2. The summed E-state index contributed by atoms with van der Waals surface area (Å²) < 4.78 is 7.93. The van der Waals surface area contributed by atoms with Crippen LogP contribution in [0.5, 0.6) is 5.75 Å². The normalized spacial score (nSPS) is 14.2. The summed E-state index contributed by atoms with van der Waals surface area (Å²) in [7, 11) is 0. The number of halogens is 1. The molecule has 0 spiro atoms. The maximum Gasteiger partial charge on any atom is 0.253 e. The molecule has 34 heavy (non-hydrogen) atoms. The number of pyridine rings is 1. The third-order valence-corrected chi connectivity index (χ3v) is 6.52. The second-order valence-corrected chi connectivity index (χ2v) is 8.80. The number of carbonyl (C=O) groups is 1. The van der Waals surface area contributed by atoms with Crippen LogP contribution in [0.2, 0.25) is 5.02 Å². The van der Waals surface area contributed by atoms with Gasteiger partial charge in [-0.25, -0.2) is 0 Å². The van der Waals surface area contributed by atoms with Gasteiger partial charge in [0.25, 0.3) is 5.91 Å². The lowest BCUT2D eigenvalue weighted by atomic mass is 10.0. The Balaban J connectivity index is 1.21. The number of carbonyl (C=O) groups excluding carboxylic acids is 1. The molecule has 2 aromatic carbocycles. The first-order chi connectivity index (χ1) is 16.7. The minimum atomic E-state index is 0.0971. The predicted octanol–water partition coefficient (Wildman–Crippen LogP) is 5.65. The van der Waals surface area contributed by atoms with Gasteiger partial charge in [-0.2, -0.15) is 5.10 Å². The first-order valence-corrected chi connectivity index (χ1v) is 11.8. The number of nitrogens with zero attached hydrogens (tertiary/aromatic N) is 4. The van der Waals surface area contributed by atoms with Crippen molar-refractivity contribution in [1.82, 2.24) is 19.7 Å². The molecule has 172 valence electrons. The molecule has 2 aromatic heterocycles. The molecule has 4 aromatic rings. The van der Waals surface area contributed by atoms with E-state index in [1.165, 1.54) is 0 Å². The summed E-state index contributed by atoms with van der Waals surface area (Å²) in [6, 6.07) is 19.3. The zero-order chi connectivity index (χ0) is 23.3. The summed E-state index contributed by atoms with van der Waals surface area (Å²) in [5.74, 6) is 0.776. The zero-order valence-electron chi connectivity index (χ0n) is 18.7. The monoisotopic (exact) mass is 472 g/mol. The maximum absolute atomic E-state index is 12.7. The van der Waals surface area contributed by atoms with Crippen LogP contribution in [0.25, 0.3) is 11.1 Å². The third kappa shape index (κ3) is 4.97. The highest BCUT2D eigenvalue weighted by Gasteiger charge is 2.25. The molecule has 7 heteroatoms. The van der Waals surface area contributed by atoms with Crippen LogP contribution < -0.4 is 4.74 Å². The maximum atomic E-state index is 12.7. The van der Waals surface area contributed by atoms with Gasteiger partial charge in [-0.3, -0.25) is 14.5 Å². The minimum absolute atomic E-state index is 0.0971. The van der Waals surface area contributed by atoms with Crippen molar-refractivity contribution in [3.63, 3.8) is 0 Å². The topological polar surface area (TPSA) is 60.2 Å². The largest absolute Gasteiger partial charge is 0.487 e. The lowest BCUT2D eigenvalue weighted by molar-refractivity contribution is 0.0690. The lowest BCUT2D eigenvalue weighted by Gasteiger charge is -2.32. The van der Waals surface area contributed by atoms with Crippen LogP contribution in [-0.2, 0) is 6.61 Å². The van der Waals surface area contributed by atoms with Crippen molar-refractivity contribution in [3.8, 4) is 16.9 Å². The summed E-state index contributed by atoms with van der Waals surface area (Å²) in [4.78, 5) is 19.0. The second kappa shape index (κ2) is 10.1. The van der Waals surface area contributed by atoms with E-state index in [9.17, 15) is 4.79 Å². The molecule has 6 nitrogen and oxygen atoms in total. The van der Waals surface area contributed by atoms with Crippen LogP contribution in [0.4, 0.5) is 0 Å². The summed E-state index contributed by atoms with van der Waals surface area (Å²) in [5.41, 5.74) is 3.60. The number of rotatable bonds is 6. The fraction of sp³-hybridized carbons (Fsp3) is 0.222. The van der Waals surface area contributed by atoms with Gasteiger partial charge in [-0.15, -0.1) is 0 Å². The van der Waals surface area contributed by atoms with Crippen molar-refractivity contribution < 1.29 is 9.53 Å². The van der Waals surface area contributed by atoms with Gasteiger partial charge < -0.3 is 9.64 Å². The Morgan fingerprint density at radius 2 is 1.74 bits per heavy atom. The highest BCUT2D eigenvalue weighted by Crippen LogP contribution is 2.28. The average Bonchev–Trinajstić information content (AvgIpc) is 3.39. The van der Waals surface area contributed by atoms with Crippen LogP contribution in [0.15, 0.2) is 85.5 Å². The van der Waals surface area contributed by atoms with E-state index in [0.717, 1.165) is 48.2 Å². The number of hydrogen-bond acceptors (Lipinski definition) is 4. The van der Waals surface area contributed by atoms with Gasteiger partial charge in [-0.05, 0) is 37.1 Å². The van der Waals surface area contributed by atoms with Gasteiger partial charge in [0.1, 0.15) is 12.4 Å². The van der Waals surface area contributed by atoms with Crippen molar-refractivity contribution in [2.75, 3.05) is 13.1 Å². The van der Waals surface area contributed by atoms with E-state index >= 15 is 0 Å². The summed E-state index contributed by atoms with van der Waals surface area (Å²) >= 11 is 6.22. The summed E-state index contributed by atoms with van der Waals surface area (Å²) in [6.07, 6.45) is 9.16. The van der Waals surface area contributed by atoms with Crippen molar-refractivity contribution in [1.29, 1.82) is 0 Å². The zero-order valence-corrected chi connectivity index (χ0v) is 19.4. The molecular formula is C27H25ClN4O2. The molecule has 5 rings (SSSR count). The van der Waals surface area contributed by atoms with Crippen molar-refractivity contribution in [2.45, 2.75) is 25.5 Å². The molecule has 0 atom stereocenters. The Hall–Kier alpha value is -3.64. The third-order valence-electron chi connectivity index (χ3n) is 6.15. The molecule has 0 N–H and O–H groups in total. The van der Waals surface area contributed by atoms with Crippen molar-refractivity contribution in [2.24, 2.45) is 0 Å². The van der Waals surface area contributed by atoms with Gasteiger partial charge in [0.2, 0.25) is 0 Å². The Morgan fingerprint density at radius 1 is 0.971 bits per heavy atom. The second-order valence-electron chi connectivity index (χ2n) is 8.39. The Morgan fingerprint density at radius 3 is 2.53 bits per heavy atom. The molecule has 0 bridgehead atoms. The van der Waals surface area contributed by atoms with Crippen LogP contribution in [0, 0.1) is 0 Å². The Bertz CT molecular complexity index is 1270. The van der Waals surface area contributed by atoms with Crippen LogP contribution in [0.1, 0.15) is 34.8 Å². The quantitative estimate of drug-likeness (QED) is 0.363. The van der Waals surface area contributed by atoms with Gasteiger partial charge in [0, 0.05) is 52.8 Å². The molecule has 0 unspecified atom stereocenters. The van der Waals surface area contributed by atoms with Gasteiger partial charge in [0.05, 0.1) is 18.4 Å². The molecule has 1 fully saturated rings. The van der Waals surface area contributed by atoms with E-state index in [1.54, 1.807) is 6.20 Å². The first-order valence-electron chi connectivity index (χ1n) is 11.4. The first kappa shape index (κ1) is 22.2. The summed E-state index contributed by atoms with van der Waals surface area (Å²) in [5, 5.41) is 5.29. The smallest absolute Gasteiger partial charge is 0.253 e. The van der Waals surface area contributed by atoms with Gasteiger partial charge in [-0.1, -0.05) is 48.0 Å². The fourth-order valence-electron chi connectivity index (χ4n) is 4.22. The van der Waals surface area contributed by atoms with E-state index in [-0.39, 0.29) is 11.9 Å². The van der Waals surface area contributed by atoms with Crippen LogP contribution in [-0.4, -0.2) is 38.7 Å². The van der Waals surface area contributed by atoms with E-state index in [4.69, 9.17) is 16.3 Å². The molecular weight excluding hydrogens is 448 g/mol. The molecule has 1 saturated heterocycles. The number of benzene rings is 2. The number of amides is 1. The number of piperidine rings is 1. The van der Waals surface area contributed by atoms with E-state index < -0.39 is 0 Å². The number of hydrogen-bond donors (Lipinski definition) is 0. The fourth-order valence-corrected chi connectivity index (χ4v) is 4.41. The predicted molar refractivity (Wildman–Crippen MR) is 132 cm³/mol. The highest BCUT2D eigenvalue weighted by atomic mass is 35.5. The number of likely N-dealkylation sites (tertiary alicyclic amines) is 1. The molecule has 0 saturated carbocycles. The molecule has 1 aliphatic rings. The SMILES string of the molecule is O=C(c1ccccc1)N1CCC(n2cc(-c3cncc(OCc4ccccc4Cl)c3)cn2)CC1. The van der Waals surface area contributed by atoms with Crippen molar-refractivity contribution >= 4 is 17.5 Å². The van der Waals surface area contributed by atoms with Gasteiger partial charge in [0.15, 0.2) is 0 Å². The molecule has 0 aliphatic carbocycles. The highest BCUT2D eigenvalue weighted by molar-refractivity contribution is 6.31. The lowest BCUT2D eigenvalue weighted by Crippen LogP contribution is -2.39. The number of ether oxygens (including phenoxy) is 1. The van der Waals surface area contributed by atoms with E-state index in [2.05, 4.69) is 10.1 Å². The molecule has 1 aliphatic heterocycles. The molecule has 0 radical (unpaired) electrons. The average molecular weight is 473 g/mol. The minimum Gasteiger partial charge on any atom is -0.487 e. The Kier molecular flexibility index (Phi) is 6.58. The van der Waals surface area contributed by atoms with Crippen LogP contribution >= 0.6 is 11.6 Å². The molecule has 3 heterocycles. The number of aromatic nitrogens is 3. The summed E-state index contributed by atoms with van der Waals surface area (Å²) in [6.45, 7) is 1.82. The molecule has 1 amide bonds. The Labute approximate surface area is 203 Å². The van der Waals surface area contributed by atoms with Crippen molar-refractivity contribution in [3.05, 3.63) is 102 Å². The van der Waals surface area contributed by atoms with E-state index in [1.807, 2.05) is 88.8 Å². The van der Waals surface area contributed by atoms with E-state index in [0.29, 0.717) is 17.4 Å². The van der Waals surface area contributed by atoms with Crippen LogP contribution in [0.3, 0.4) is 0 Å². The van der Waals surface area contributed by atoms with Gasteiger partial charge >= 0.3 is 0 Å².